The first-order chi connectivity index (χ1) is 17.0. The Bertz CT molecular complexity index is 1010. The number of ketones is 1. The molecule has 4 rings (SSSR count). The number of anilines is 2. The van der Waals surface area contributed by atoms with Gasteiger partial charge in [-0.15, -0.1) is 0 Å². The van der Waals surface area contributed by atoms with Crippen LogP contribution in [0.1, 0.15) is 64.7 Å². The Morgan fingerprint density at radius 3 is 1.75 bits per heavy atom. The molecule has 7 heteroatoms. The van der Waals surface area contributed by atoms with Gasteiger partial charge in [0.1, 0.15) is 0 Å². The van der Waals surface area contributed by atoms with E-state index in [-0.39, 0.29) is 30.0 Å². The lowest BCUT2D eigenvalue weighted by Gasteiger charge is -2.37. The molecule has 0 bridgehead atoms. The quantitative estimate of drug-likeness (QED) is 0.438. The summed E-state index contributed by atoms with van der Waals surface area (Å²) < 4.78 is 12.4. The minimum Gasteiger partial charge on any atom is -0.399 e. The topological polar surface area (TPSA) is 62.2 Å². The molecule has 2 aromatic carbocycles. The van der Waals surface area contributed by atoms with Gasteiger partial charge >= 0.3 is 7.12 Å². The number of benzene rings is 2. The zero-order chi connectivity index (χ0) is 26.1. The van der Waals surface area contributed by atoms with Crippen molar-refractivity contribution in [1.29, 1.82) is 0 Å². The van der Waals surface area contributed by atoms with E-state index in [4.69, 9.17) is 9.31 Å². The Hall–Kier alpha value is -2.35. The van der Waals surface area contributed by atoms with Crippen molar-refractivity contribution < 1.29 is 19.2 Å². The molecule has 0 unspecified atom stereocenters. The van der Waals surface area contributed by atoms with Crippen LogP contribution in [-0.4, -0.2) is 61.5 Å². The van der Waals surface area contributed by atoms with Gasteiger partial charge < -0.3 is 24.2 Å². The third-order valence-corrected chi connectivity index (χ3v) is 8.27. The molecule has 0 aromatic heterocycles. The summed E-state index contributed by atoms with van der Waals surface area (Å²) in [5.41, 5.74) is 3.44. The summed E-state index contributed by atoms with van der Waals surface area (Å²) in [5, 5.41) is 9.85. The number of nitrogens with zero attached hydrogens (tertiary/aromatic N) is 2. The van der Waals surface area contributed by atoms with Crippen LogP contribution in [0.25, 0.3) is 0 Å². The van der Waals surface area contributed by atoms with Crippen molar-refractivity contribution in [3.8, 4) is 0 Å². The molecule has 0 spiro atoms. The lowest BCUT2D eigenvalue weighted by molar-refractivity contribution is 0.00578. The van der Waals surface area contributed by atoms with Crippen molar-refractivity contribution >= 4 is 29.7 Å². The van der Waals surface area contributed by atoms with E-state index in [9.17, 15) is 9.90 Å². The molecule has 2 heterocycles. The van der Waals surface area contributed by atoms with E-state index in [2.05, 4.69) is 61.8 Å². The average molecular weight is 492 g/mol. The van der Waals surface area contributed by atoms with Crippen molar-refractivity contribution in [3.05, 3.63) is 54.1 Å². The van der Waals surface area contributed by atoms with Crippen LogP contribution < -0.4 is 15.3 Å². The second kappa shape index (κ2) is 10.6. The standard InChI is InChI=1S/C29H41BN2O4/c1-7-22(21(2)33)20-27(34)23-8-12-25(13-9-23)31-16-18-32(19-17-31)26-14-10-24(11-15-26)30-35-28(3,4)29(5,6)36-30/h8-15,21-22,33H,7,16-20H2,1-6H3/t21-,22+/m0/s1. The van der Waals surface area contributed by atoms with E-state index < -0.39 is 6.10 Å². The minimum absolute atomic E-state index is 0.0104. The van der Waals surface area contributed by atoms with Crippen molar-refractivity contribution in [2.75, 3.05) is 36.0 Å². The Morgan fingerprint density at radius 1 is 0.889 bits per heavy atom. The number of carbonyl (C=O) groups excluding carboxylic acids is 1. The maximum atomic E-state index is 12.6. The predicted octanol–water partition coefficient (Wildman–Crippen LogP) is 4.29. The van der Waals surface area contributed by atoms with Gasteiger partial charge in [0.2, 0.25) is 0 Å². The number of piperazine rings is 1. The summed E-state index contributed by atoms with van der Waals surface area (Å²) >= 11 is 0. The number of hydrogen-bond donors (Lipinski definition) is 1. The number of rotatable bonds is 8. The molecule has 36 heavy (non-hydrogen) atoms. The van der Waals surface area contributed by atoms with Crippen LogP contribution >= 0.6 is 0 Å². The zero-order valence-corrected chi connectivity index (χ0v) is 22.7. The molecular weight excluding hydrogens is 451 g/mol. The van der Waals surface area contributed by atoms with Crippen LogP contribution in [-0.2, 0) is 9.31 Å². The molecule has 0 radical (unpaired) electrons. The van der Waals surface area contributed by atoms with Crippen molar-refractivity contribution in [2.45, 2.75) is 71.7 Å². The van der Waals surface area contributed by atoms with Crippen LogP contribution in [0.15, 0.2) is 48.5 Å². The number of aliphatic hydroxyl groups excluding tert-OH is 1. The van der Waals surface area contributed by atoms with E-state index in [1.54, 1.807) is 6.92 Å². The highest BCUT2D eigenvalue weighted by atomic mass is 16.7. The van der Waals surface area contributed by atoms with Crippen molar-refractivity contribution in [3.63, 3.8) is 0 Å². The number of hydrogen-bond acceptors (Lipinski definition) is 6. The molecule has 194 valence electrons. The molecule has 2 atom stereocenters. The zero-order valence-electron chi connectivity index (χ0n) is 22.7. The Balaban J connectivity index is 1.31. The van der Waals surface area contributed by atoms with E-state index in [1.165, 1.54) is 5.69 Å². The van der Waals surface area contributed by atoms with E-state index >= 15 is 0 Å². The molecule has 2 fully saturated rings. The van der Waals surface area contributed by atoms with Crippen LogP contribution in [0.5, 0.6) is 0 Å². The minimum atomic E-state index is -0.464. The SMILES string of the molecule is CC[C@H](CC(=O)c1ccc(N2CCN(c3ccc(B4OC(C)(C)C(C)(C)O4)cc3)CC2)cc1)[C@H](C)O. The van der Waals surface area contributed by atoms with Gasteiger partial charge in [-0.2, -0.15) is 0 Å². The van der Waals surface area contributed by atoms with E-state index in [1.807, 2.05) is 31.2 Å². The van der Waals surface area contributed by atoms with Gasteiger partial charge in [0.25, 0.3) is 0 Å². The summed E-state index contributed by atoms with van der Waals surface area (Å²) in [7, 11) is -0.337. The third kappa shape index (κ3) is 5.64. The highest BCUT2D eigenvalue weighted by molar-refractivity contribution is 6.62. The Labute approximate surface area is 216 Å². The maximum Gasteiger partial charge on any atom is 0.494 e. The summed E-state index contributed by atoms with van der Waals surface area (Å²) in [6.45, 7) is 15.8. The summed E-state index contributed by atoms with van der Waals surface area (Å²) in [6.07, 6.45) is 0.723. The molecule has 0 saturated carbocycles. The second-order valence-electron chi connectivity index (χ2n) is 11.2. The molecule has 0 aliphatic carbocycles. The molecule has 2 aliphatic rings. The van der Waals surface area contributed by atoms with E-state index in [0.29, 0.717) is 6.42 Å². The fraction of sp³-hybridized carbons (Fsp3) is 0.552. The maximum absolute atomic E-state index is 12.6. The number of Topliss-reactive ketones (excluding diaryl/α,β-unsaturated/α-hetero) is 1. The third-order valence-electron chi connectivity index (χ3n) is 8.27. The van der Waals surface area contributed by atoms with Gasteiger partial charge in [0.15, 0.2) is 5.78 Å². The summed E-state index contributed by atoms with van der Waals surface area (Å²) in [4.78, 5) is 17.4. The normalized spacial score (nSPS) is 20.9. The first-order valence-corrected chi connectivity index (χ1v) is 13.3. The monoisotopic (exact) mass is 492 g/mol. The highest BCUT2D eigenvalue weighted by Crippen LogP contribution is 2.36. The Kier molecular flexibility index (Phi) is 7.84. The Morgan fingerprint density at radius 2 is 1.33 bits per heavy atom. The lowest BCUT2D eigenvalue weighted by Crippen LogP contribution is -2.46. The molecule has 2 saturated heterocycles. The fourth-order valence-corrected chi connectivity index (χ4v) is 4.91. The first-order valence-electron chi connectivity index (χ1n) is 13.3. The predicted molar refractivity (Wildman–Crippen MR) is 147 cm³/mol. The van der Waals surface area contributed by atoms with E-state index in [0.717, 1.165) is 49.3 Å². The van der Waals surface area contributed by atoms with Gasteiger partial charge in [-0.1, -0.05) is 25.5 Å². The summed E-state index contributed by atoms with van der Waals surface area (Å²) in [5.74, 6) is 0.110. The average Bonchev–Trinajstić information content (AvgIpc) is 3.09. The molecular formula is C29H41BN2O4. The lowest BCUT2D eigenvalue weighted by atomic mass is 9.79. The van der Waals surface area contributed by atoms with Gasteiger partial charge in [-0.25, -0.2) is 0 Å². The van der Waals surface area contributed by atoms with Crippen LogP contribution in [0.4, 0.5) is 11.4 Å². The molecule has 6 nitrogen and oxygen atoms in total. The van der Waals surface area contributed by atoms with Crippen LogP contribution in [0.3, 0.4) is 0 Å². The number of carbonyl (C=O) groups is 1. The molecule has 1 N–H and O–H groups in total. The second-order valence-corrected chi connectivity index (χ2v) is 11.2. The highest BCUT2D eigenvalue weighted by Gasteiger charge is 2.51. The van der Waals surface area contributed by atoms with Gasteiger partial charge in [0, 0.05) is 49.5 Å². The molecule has 0 amide bonds. The first kappa shape index (κ1) is 26.7. The van der Waals surface area contributed by atoms with Crippen molar-refractivity contribution in [2.24, 2.45) is 5.92 Å². The van der Waals surface area contributed by atoms with Gasteiger partial charge in [0.05, 0.1) is 17.3 Å². The smallest absolute Gasteiger partial charge is 0.399 e. The molecule has 2 aliphatic heterocycles. The van der Waals surface area contributed by atoms with Gasteiger partial charge in [-0.05, 0) is 82.4 Å². The fourth-order valence-electron chi connectivity index (χ4n) is 4.91. The van der Waals surface area contributed by atoms with Crippen molar-refractivity contribution in [1.82, 2.24) is 0 Å². The molecule has 2 aromatic rings. The van der Waals surface area contributed by atoms with Gasteiger partial charge in [-0.3, -0.25) is 4.79 Å². The largest absolute Gasteiger partial charge is 0.494 e. The van der Waals surface area contributed by atoms with Crippen LogP contribution in [0.2, 0.25) is 0 Å². The van der Waals surface area contributed by atoms with Crippen LogP contribution in [0, 0.1) is 5.92 Å². The summed E-state index contributed by atoms with van der Waals surface area (Å²) in [6, 6.07) is 16.5. The number of aliphatic hydroxyl groups is 1.